The van der Waals surface area contributed by atoms with Crippen LogP contribution in [0.15, 0.2) is 53.5 Å². The first-order chi connectivity index (χ1) is 14.4. The lowest BCUT2D eigenvalue weighted by Gasteiger charge is -2.18. The lowest BCUT2D eigenvalue weighted by molar-refractivity contribution is 0.0939. The fourth-order valence-corrected chi connectivity index (χ4v) is 2.63. The van der Waals surface area contributed by atoms with Crippen molar-refractivity contribution in [1.82, 2.24) is 16.0 Å². The number of para-hydroxylation sites is 1. The van der Waals surface area contributed by atoms with E-state index in [-0.39, 0.29) is 53.6 Å². The van der Waals surface area contributed by atoms with Gasteiger partial charge in [-0.2, -0.15) is 0 Å². The van der Waals surface area contributed by atoms with Gasteiger partial charge < -0.3 is 20.7 Å². The summed E-state index contributed by atoms with van der Waals surface area (Å²) in [5.41, 5.74) is 1.66. The van der Waals surface area contributed by atoms with Gasteiger partial charge in [0.1, 0.15) is 6.10 Å². The van der Waals surface area contributed by atoms with E-state index in [0.717, 1.165) is 12.0 Å². The maximum absolute atomic E-state index is 13.7. The number of carbonyl (C=O) groups is 1. The van der Waals surface area contributed by atoms with E-state index in [1.807, 2.05) is 45.0 Å². The molecule has 2 aromatic rings. The van der Waals surface area contributed by atoms with E-state index >= 15 is 0 Å². The van der Waals surface area contributed by atoms with Gasteiger partial charge in [0.15, 0.2) is 17.5 Å². The van der Waals surface area contributed by atoms with Crippen molar-refractivity contribution in [2.45, 2.75) is 45.9 Å². The maximum Gasteiger partial charge on any atom is 0.251 e. The Morgan fingerprint density at radius 3 is 2.39 bits per heavy atom. The summed E-state index contributed by atoms with van der Waals surface area (Å²) in [4.78, 5) is 16.3. The Morgan fingerprint density at radius 1 is 1.10 bits per heavy atom. The van der Waals surface area contributed by atoms with Crippen LogP contribution in [-0.2, 0) is 6.54 Å². The van der Waals surface area contributed by atoms with E-state index < -0.39 is 0 Å². The van der Waals surface area contributed by atoms with Crippen molar-refractivity contribution in [3.8, 4) is 5.75 Å². The highest BCUT2D eigenvalue weighted by molar-refractivity contribution is 14.0. The molecule has 0 aliphatic rings. The van der Waals surface area contributed by atoms with E-state index in [4.69, 9.17) is 4.74 Å². The van der Waals surface area contributed by atoms with Crippen molar-refractivity contribution in [3.05, 3.63) is 65.5 Å². The molecule has 0 saturated heterocycles. The van der Waals surface area contributed by atoms with Crippen LogP contribution in [0.1, 0.15) is 43.1 Å². The Labute approximate surface area is 201 Å². The summed E-state index contributed by atoms with van der Waals surface area (Å²) in [7, 11) is 1.68. The van der Waals surface area contributed by atoms with Crippen LogP contribution in [0.5, 0.6) is 5.75 Å². The molecule has 8 heteroatoms. The van der Waals surface area contributed by atoms with E-state index in [0.29, 0.717) is 24.6 Å². The number of rotatable bonds is 9. The van der Waals surface area contributed by atoms with Crippen LogP contribution in [0.2, 0.25) is 0 Å². The zero-order valence-corrected chi connectivity index (χ0v) is 20.8. The number of nitrogens with one attached hydrogen (secondary N) is 3. The second-order valence-electron chi connectivity index (χ2n) is 7.15. The quantitative estimate of drug-likeness (QED) is 0.254. The molecule has 170 valence electrons. The van der Waals surface area contributed by atoms with Crippen molar-refractivity contribution < 1.29 is 13.9 Å². The number of ether oxygens (including phenoxy) is 1. The summed E-state index contributed by atoms with van der Waals surface area (Å²) in [5, 5.41) is 9.33. The first kappa shape index (κ1) is 26.7. The van der Waals surface area contributed by atoms with Crippen LogP contribution in [-0.4, -0.2) is 37.6 Å². The molecule has 0 aliphatic heterocycles. The monoisotopic (exact) mass is 542 g/mol. The van der Waals surface area contributed by atoms with Crippen LogP contribution in [0.4, 0.5) is 4.39 Å². The average molecular weight is 542 g/mol. The predicted octanol–water partition coefficient (Wildman–Crippen LogP) is 4.10. The zero-order chi connectivity index (χ0) is 21.9. The number of amides is 1. The average Bonchev–Trinajstić information content (AvgIpc) is 2.75. The molecular weight excluding hydrogens is 510 g/mol. The zero-order valence-electron chi connectivity index (χ0n) is 18.4. The summed E-state index contributed by atoms with van der Waals surface area (Å²) >= 11 is 0. The molecule has 0 radical (unpaired) electrons. The van der Waals surface area contributed by atoms with Crippen LogP contribution in [0.25, 0.3) is 0 Å². The smallest absolute Gasteiger partial charge is 0.251 e. The number of benzene rings is 2. The van der Waals surface area contributed by atoms with Gasteiger partial charge in [-0.25, -0.2) is 4.39 Å². The van der Waals surface area contributed by atoms with Crippen molar-refractivity contribution in [3.63, 3.8) is 0 Å². The first-order valence-corrected chi connectivity index (χ1v) is 10.2. The Kier molecular flexibility index (Phi) is 11.9. The van der Waals surface area contributed by atoms with Gasteiger partial charge in [0.2, 0.25) is 0 Å². The standard InChI is InChI=1S/C23H31FN4O2.HI/c1-5-16(2)28-22(29)19-12-10-18(11-13-19)15-27-23(25-4)26-14-17(3)30-21-9-7-6-8-20(21)24;/h6-13,16-17H,5,14-15H2,1-4H3,(H,28,29)(H2,25,26,27);1H. The number of aliphatic imine (C=N–C) groups is 1. The molecule has 31 heavy (non-hydrogen) atoms. The van der Waals surface area contributed by atoms with Gasteiger partial charge in [0, 0.05) is 25.2 Å². The molecule has 2 rings (SSSR count). The molecule has 0 saturated carbocycles. The number of nitrogens with zero attached hydrogens (tertiary/aromatic N) is 1. The summed E-state index contributed by atoms with van der Waals surface area (Å²) < 4.78 is 19.3. The van der Waals surface area contributed by atoms with Gasteiger partial charge in [-0.3, -0.25) is 9.79 Å². The Bertz CT molecular complexity index is 846. The molecule has 0 spiro atoms. The molecule has 2 unspecified atom stereocenters. The van der Waals surface area contributed by atoms with Gasteiger partial charge in [-0.05, 0) is 50.1 Å². The fourth-order valence-electron chi connectivity index (χ4n) is 2.63. The topological polar surface area (TPSA) is 74.8 Å². The molecule has 3 N–H and O–H groups in total. The van der Waals surface area contributed by atoms with Crippen LogP contribution in [0.3, 0.4) is 0 Å². The number of hydrogen-bond donors (Lipinski definition) is 3. The van der Waals surface area contributed by atoms with Gasteiger partial charge in [-0.15, -0.1) is 24.0 Å². The third-order valence-electron chi connectivity index (χ3n) is 4.61. The highest BCUT2D eigenvalue weighted by Gasteiger charge is 2.10. The molecule has 2 aromatic carbocycles. The van der Waals surface area contributed by atoms with Gasteiger partial charge in [-0.1, -0.05) is 31.2 Å². The minimum absolute atomic E-state index is 0. The second-order valence-corrected chi connectivity index (χ2v) is 7.15. The Morgan fingerprint density at radius 2 is 1.77 bits per heavy atom. The van der Waals surface area contributed by atoms with Crippen molar-refractivity contribution >= 4 is 35.8 Å². The van der Waals surface area contributed by atoms with Crippen molar-refractivity contribution in [1.29, 1.82) is 0 Å². The SMILES string of the molecule is CCC(C)NC(=O)c1ccc(CNC(=NC)NCC(C)Oc2ccccc2F)cc1.I. The highest BCUT2D eigenvalue weighted by Crippen LogP contribution is 2.16. The van der Waals surface area contributed by atoms with Gasteiger partial charge in [0.05, 0.1) is 6.54 Å². The summed E-state index contributed by atoms with van der Waals surface area (Å²) in [5.74, 6) is 0.392. The van der Waals surface area contributed by atoms with Gasteiger partial charge >= 0.3 is 0 Å². The van der Waals surface area contributed by atoms with E-state index in [2.05, 4.69) is 20.9 Å². The van der Waals surface area contributed by atoms with E-state index in [1.54, 1.807) is 25.2 Å². The van der Waals surface area contributed by atoms with E-state index in [1.165, 1.54) is 6.07 Å². The maximum atomic E-state index is 13.7. The fraction of sp³-hybridized carbons (Fsp3) is 0.391. The molecule has 6 nitrogen and oxygen atoms in total. The van der Waals surface area contributed by atoms with Crippen LogP contribution < -0.4 is 20.7 Å². The minimum atomic E-state index is -0.381. The molecule has 1 amide bonds. The van der Waals surface area contributed by atoms with Gasteiger partial charge in [0.25, 0.3) is 5.91 Å². The second kappa shape index (κ2) is 13.8. The molecule has 0 bridgehead atoms. The minimum Gasteiger partial charge on any atom is -0.486 e. The number of halogens is 2. The molecule has 0 aliphatic carbocycles. The number of hydrogen-bond acceptors (Lipinski definition) is 3. The van der Waals surface area contributed by atoms with Crippen molar-refractivity contribution in [2.24, 2.45) is 4.99 Å². The lowest BCUT2D eigenvalue weighted by atomic mass is 10.1. The first-order valence-electron chi connectivity index (χ1n) is 10.2. The van der Waals surface area contributed by atoms with Crippen LogP contribution >= 0.6 is 24.0 Å². The molecule has 0 fully saturated rings. The number of guanidine groups is 1. The largest absolute Gasteiger partial charge is 0.486 e. The molecule has 0 aromatic heterocycles. The molecular formula is C23H32FIN4O2. The van der Waals surface area contributed by atoms with Crippen molar-refractivity contribution in [2.75, 3.05) is 13.6 Å². The van der Waals surface area contributed by atoms with E-state index in [9.17, 15) is 9.18 Å². The lowest BCUT2D eigenvalue weighted by Crippen LogP contribution is -2.41. The molecule has 0 heterocycles. The normalized spacial score (nSPS) is 12.9. The summed E-state index contributed by atoms with van der Waals surface area (Å²) in [6.45, 7) is 6.89. The molecule has 2 atom stereocenters. The summed E-state index contributed by atoms with van der Waals surface area (Å²) in [6, 6.07) is 13.9. The summed E-state index contributed by atoms with van der Waals surface area (Å²) in [6.07, 6.45) is 0.646. The third kappa shape index (κ3) is 9.12. The Hall–Kier alpha value is -2.36. The highest BCUT2D eigenvalue weighted by atomic mass is 127. The van der Waals surface area contributed by atoms with Crippen LogP contribution in [0, 0.1) is 5.82 Å². The predicted molar refractivity (Wildman–Crippen MR) is 134 cm³/mol. The third-order valence-corrected chi connectivity index (χ3v) is 4.61. The number of carbonyl (C=O) groups excluding carboxylic acids is 1. The Balaban J connectivity index is 0.00000480.